The molecular formula is C10H12N5Na2O7P. The normalized spacial score (nSPS) is 23.8. The zero-order valence-electron chi connectivity index (χ0n) is 13.7. The van der Waals surface area contributed by atoms with Crippen LogP contribution in [0.2, 0.25) is 0 Å². The number of azide groups is 1. The number of aromatic amines is 1. The maximum Gasteiger partial charge on any atom is 1.00 e. The van der Waals surface area contributed by atoms with Crippen LogP contribution in [0.3, 0.4) is 0 Å². The molecule has 0 aromatic carbocycles. The number of aryl methyl sites for hydroxylation is 1. The smallest absolute Gasteiger partial charge is 0.809 e. The van der Waals surface area contributed by atoms with E-state index in [9.17, 15) is 29.0 Å². The van der Waals surface area contributed by atoms with Crippen molar-refractivity contribution < 1.29 is 83.3 Å². The summed E-state index contributed by atoms with van der Waals surface area (Å²) in [5, 5.41) is 12.9. The van der Waals surface area contributed by atoms with Crippen molar-refractivity contribution >= 4 is 7.60 Å². The molecule has 0 radical (unpaired) electrons. The third-order valence-electron chi connectivity index (χ3n) is 3.41. The molecule has 1 unspecified atom stereocenters. The number of aliphatic hydroxyl groups excluding tert-OH is 1. The molecule has 2 heterocycles. The van der Waals surface area contributed by atoms with E-state index in [0.29, 0.717) is 0 Å². The predicted octanol–water partition coefficient (Wildman–Crippen LogP) is -7.95. The van der Waals surface area contributed by atoms with E-state index >= 15 is 0 Å². The first kappa shape index (κ1) is 25.1. The van der Waals surface area contributed by atoms with Crippen LogP contribution in [0.4, 0.5) is 0 Å². The molecule has 0 spiro atoms. The second kappa shape index (κ2) is 9.84. The summed E-state index contributed by atoms with van der Waals surface area (Å²) in [7, 11) is -5.41. The molecule has 1 saturated heterocycles. The zero-order chi connectivity index (χ0) is 17.4. The Kier molecular flexibility index (Phi) is 9.86. The first-order chi connectivity index (χ1) is 10.6. The number of nitrogens with one attached hydrogen (secondary N) is 1. The molecule has 1 aliphatic rings. The number of hydrogen-bond acceptors (Lipinski definition) is 8. The van der Waals surface area contributed by atoms with Crippen LogP contribution in [0.5, 0.6) is 0 Å². The number of H-pyrrole nitrogens is 1. The summed E-state index contributed by atoms with van der Waals surface area (Å²) in [6.07, 6.45) is -1.70. The van der Waals surface area contributed by atoms with E-state index in [1.165, 1.54) is 13.1 Å². The van der Waals surface area contributed by atoms with Crippen LogP contribution >= 0.6 is 7.60 Å². The monoisotopic (exact) mass is 391 g/mol. The SMILES string of the molecule is Cc1cn([C@H]2C[C@H](N=[N+]=[N-])[C@@H](C(O)P(=O)([O-])[O-])O2)c(=O)[nH]c1=O.[Na+].[Na+]. The van der Waals surface area contributed by atoms with Gasteiger partial charge in [0.2, 0.25) is 0 Å². The Balaban J connectivity index is 0.00000288. The van der Waals surface area contributed by atoms with Gasteiger partial charge in [-0.15, -0.1) is 0 Å². The van der Waals surface area contributed by atoms with Crippen LogP contribution in [0.15, 0.2) is 20.9 Å². The number of aromatic nitrogens is 2. The number of aliphatic hydroxyl groups is 1. The van der Waals surface area contributed by atoms with Crippen LogP contribution in [0.25, 0.3) is 10.4 Å². The minimum atomic E-state index is -5.41. The molecule has 1 fully saturated rings. The van der Waals surface area contributed by atoms with E-state index in [0.717, 1.165) is 4.57 Å². The maximum atomic E-state index is 11.8. The van der Waals surface area contributed by atoms with Gasteiger partial charge in [-0.3, -0.25) is 14.3 Å². The van der Waals surface area contributed by atoms with Crippen molar-refractivity contribution in [1.29, 1.82) is 0 Å². The van der Waals surface area contributed by atoms with E-state index in [1.54, 1.807) is 0 Å². The van der Waals surface area contributed by atoms with Gasteiger partial charge in [0.1, 0.15) is 12.1 Å². The average Bonchev–Trinajstić information content (AvgIpc) is 2.85. The minimum Gasteiger partial charge on any atom is -0.809 e. The summed E-state index contributed by atoms with van der Waals surface area (Å²) in [5.74, 6) is -2.43. The average molecular weight is 391 g/mol. The second-order valence-electron chi connectivity index (χ2n) is 5.00. The van der Waals surface area contributed by atoms with Crippen molar-refractivity contribution in [2.75, 3.05) is 0 Å². The molecule has 126 valence electrons. The van der Waals surface area contributed by atoms with Crippen LogP contribution in [-0.4, -0.2) is 32.6 Å². The number of rotatable bonds is 4. The Morgan fingerprint density at radius 2 is 2.12 bits per heavy atom. The summed E-state index contributed by atoms with van der Waals surface area (Å²) in [4.78, 5) is 49.6. The molecule has 1 aromatic heterocycles. The fraction of sp³-hybridized carbons (Fsp3) is 0.600. The molecule has 25 heavy (non-hydrogen) atoms. The third kappa shape index (κ3) is 5.77. The molecule has 0 bridgehead atoms. The Morgan fingerprint density at radius 1 is 1.52 bits per heavy atom. The standard InChI is InChI=1S/C10H14N5O7P.2Na/c1-4-3-15(10(18)12-8(4)16)6-2-5(13-14-11)7(22-6)9(17)23(19,20)21;;/h3,5-7,9,17H,2H2,1H3,(H,12,16,18)(H2,19,20,21);;/q;2*+1/p-2/t5-,6+,7-,9?;;/m0../s1. The predicted molar refractivity (Wildman–Crippen MR) is 71.1 cm³/mol. The van der Waals surface area contributed by atoms with E-state index in [1.807, 2.05) is 4.98 Å². The molecule has 2 N–H and O–H groups in total. The van der Waals surface area contributed by atoms with E-state index in [2.05, 4.69) is 10.0 Å². The molecule has 0 aliphatic carbocycles. The first-order valence-electron chi connectivity index (χ1n) is 6.36. The van der Waals surface area contributed by atoms with Gasteiger partial charge in [-0.2, -0.15) is 0 Å². The van der Waals surface area contributed by atoms with Gasteiger partial charge in [0.15, 0.2) is 0 Å². The summed E-state index contributed by atoms with van der Waals surface area (Å²) in [6, 6.07) is -1.17. The second-order valence-corrected chi connectivity index (χ2v) is 6.60. The Bertz CT molecular complexity index is 817. The van der Waals surface area contributed by atoms with Gasteiger partial charge < -0.3 is 24.2 Å². The van der Waals surface area contributed by atoms with Gasteiger partial charge in [-0.05, 0) is 20.1 Å². The molecule has 1 aromatic rings. The number of hydrogen-bond donors (Lipinski definition) is 2. The molecule has 4 atom stereocenters. The molecule has 2 rings (SSSR count). The van der Waals surface area contributed by atoms with Gasteiger partial charge in [-0.1, -0.05) is 5.11 Å². The zero-order valence-corrected chi connectivity index (χ0v) is 18.6. The van der Waals surface area contributed by atoms with Gasteiger partial charge in [0.05, 0.1) is 12.1 Å². The fourth-order valence-electron chi connectivity index (χ4n) is 2.28. The molecular weight excluding hydrogens is 379 g/mol. The largest absolute Gasteiger partial charge is 1.00 e. The fourth-order valence-corrected chi connectivity index (χ4v) is 2.90. The van der Waals surface area contributed by atoms with Crippen molar-refractivity contribution in [1.82, 2.24) is 9.55 Å². The minimum absolute atomic E-state index is 0. The first-order valence-corrected chi connectivity index (χ1v) is 7.98. The van der Waals surface area contributed by atoms with Gasteiger partial charge in [0.25, 0.3) is 5.56 Å². The van der Waals surface area contributed by atoms with Crippen LogP contribution < -0.4 is 80.2 Å². The molecule has 0 saturated carbocycles. The van der Waals surface area contributed by atoms with Crippen LogP contribution in [0.1, 0.15) is 18.2 Å². The van der Waals surface area contributed by atoms with Crippen molar-refractivity contribution in [3.8, 4) is 0 Å². The third-order valence-corrected chi connectivity index (χ3v) is 4.35. The number of nitrogens with zero attached hydrogens (tertiary/aromatic N) is 4. The molecule has 12 nitrogen and oxygen atoms in total. The van der Waals surface area contributed by atoms with Crippen molar-refractivity contribution in [2.24, 2.45) is 5.11 Å². The summed E-state index contributed by atoms with van der Waals surface area (Å²) < 4.78 is 17.2. The summed E-state index contributed by atoms with van der Waals surface area (Å²) in [6.45, 7) is 1.43. The molecule has 1 aliphatic heterocycles. The van der Waals surface area contributed by atoms with Crippen molar-refractivity contribution in [2.45, 2.75) is 37.6 Å². The van der Waals surface area contributed by atoms with E-state index < -0.39 is 43.1 Å². The Labute approximate surface area is 185 Å². The van der Waals surface area contributed by atoms with E-state index in [-0.39, 0.29) is 71.1 Å². The topological polar surface area (TPSA) is 196 Å². The van der Waals surface area contributed by atoms with Crippen molar-refractivity contribution in [3.05, 3.63) is 43.0 Å². The Hall–Kier alpha value is 0.0600. The van der Waals surface area contributed by atoms with Crippen LogP contribution in [-0.2, 0) is 9.30 Å². The van der Waals surface area contributed by atoms with Crippen molar-refractivity contribution in [3.63, 3.8) is 0 Å². The van der Waals surface area contributed by atoms with Gasteiger partial charge >= 0.3 is 64.8 Å². The molecule has 0 amide bonds. The maximum absolute atomic E-state index is 11.8. The molecule has 15 heteroatoms. The number of ether oxygens (including phenoxy) is 1. The van der Waals surface area contributed by atoms with E-state index in [4.69, 9.17) is 10.3 Å². The quantitative estimate of drug-likeness (QED) is 0.167. The summed E-state index contributed by atoms with van der Waals surface area (Å²) >= 11 is 0. The Morgan fingerprint density at radius 3 is 2.64 bits per heavy atom. The van der Waals surface area contributed by atoms with Gasteiger partial charge in [-0.25, -0.2) is 4.79 Å². The van der Waals surface area contributed by atoms with Crippen LogP contribution in [0, 0.1) is 6.92 Å². The summed E-state index contributed by atoms with van der Waals surface area (Å²) in [5.41, 5.74) is 7.26. The van der Waals surface area contributed by atoms with Gasteiger partial charge in [0, 0.05) is 23.1 Å².